The summed E-state index contributed by atoms with van der Waals surface area (Å²) >= 11 is 1.45. The van der Waals surface area contributed by atoms with E-state index in [0.717, 1.165) is 10.6 Å². The second-order valence-electron chi connectivity index (χ2n) is 5.18. The van der Waals surface area contributed by atoms with Crippen LogP contribution in [-0.4, -0.2) is 47.8 Å². The monoisotopic (exact) mass is 309 g/mol. The fraction of sp³-hybridized carbons (Fsp3) is 0.467. The molecule has 1 aliphatic rings. The van der Waals surface area contributed by atoms with Crippen LogP contribution in [0, 0.1) is 11.8 Å². The van der Waals surface area contributed by atoms with Gasteiger partial charge in [0.1, 0.15) is 5.75 Å². The molecule has 1 heterocycles. The number of rotatable bonds is 5. The van der Waals surface area contributed by atoms with Gasteiger partial charge in [0.2, 0.25) is 5.91 Å². The van der Waals surface area contributed by atoms with Crippen LogP contribution in [0.2, 0.25) is 0 Å². The maximum atomic E-state index is 12.1. The highest BCUT2D eigenvalue weighted by molar-refractivity contribution is 8.00. The molecule has 2 rings (SSSR count). The molecular weight excluding hydrogens is 290 g/mol. The summed E-state index contributed by atoms with van der Waals surface area (Å²) in [4.78, 5) is 25.9. The summed E-state index contributed by atoms with van der Waals surface area (Å²) in [6.45, 7) is 2.72. The number of carbonyl (C=O) groups is 2. The van der Waals surface area contributed by atoms with Gasteiger partial charge in [0, 0.05) is 18.0 Å². The lowest BCUT2D eigenvalue weighted by Gasteiger charge is -2.15. The normalized spacial score (nSPS) is 21.3. The standard InChI is InChI=1S/C15H19NO4S/c1-10-7-16(8-13(10)15(18)19)14(17)9-21-12-5-3-11(20-2)4-6-12/h3-6,10,13H,7-9H2,1-2H3,(H,18,19)/t10-,13-/m1/s1. The van der Waals surface area contributed by atoms with Crippen LogP contribution in [0.25, 0.3) is 0 Å². The predicted octanol–water partition coefficient (Wildman–Crippen LogP) is 1.97. The van der Waals surface area contributed by atoms with Crippen molar-refractivity contribution < 1.29 is 19.4 Å². The molecule has 0 aliphatic carbocycles. The maximum absolute atomic E-state index is 12.1. The molecule has 0 aromatic heterocycles. The van der Waals surface area contributed by atoms with Gasteiger partial charge in [0.15, 0.2) is 0 Å². The fourth-order valence-corrected chi connectivity index (χ4v) is 3.20. The van der Waals surface area contributed by atoms with Gasteiger partial charge in [-0.2, -0.15) is 0 Å². The number of methoxy groups -OCH3 is 1. The molecule has 0 spiro atoms. The molecule has 5 nitrogen and oxygen atoms in total. The smallest absolute Gasteiger partial charge is 0.308 e. The van der Waals surface area contributed by atoms with Gasteiger partial charge in [-0.15, -0.1) is 11.8 Å². The molecule has 1 aromatic rings. The summed E-state index contributed by atoms with van der Waals surface area (Å²) in [7, 11) is 1.61. The molecule has 0 unspecified atom stereocenters. The van der Waals surface area contributed by atoms with E-state index >= 15 is 0 Å². The first-order valence-corrected chi connectivity index (χ1v) is 7.77. The lowest BCUT2D eigenvalue weighted by Crippen LogP contribution is -2.31. The number of thioether (sulfide) groups is 1. The van der Waals surface area contributed by atoms with Crippen LogP contribution in [0.4, 0.5) is 0 Å². The fourth-order valence-electron chi connectivity index (χ4n) is 2.40. The zero-order valence-electron chi connectivity index (χ0n) is 12.1. The predicted molar refractivity (Wildman–Crippen MR) is 80.6 cm³/mol. The van der Waals surface area contributed by atoms with Gasteiger partial charge in [-0.3, -0.25) is 9.59 Å². The van der Waals surface area contributed by atoms with Crippen LogP contribution in [0.15, 0.2) is 29.2 Å². The molecule has 1 aliphatic heterocycles. The van der Waals surface area contributed by atoms with E-state index in [1.54, 1.807) is 12.0 Å². The first-order valence-electron chi connectivity index (χ1n) is 6.78. The first kappa shape index (κ1) is 15.7. The molecule has 1 aromatic carbocycles. The lowest BCUT2D eigenvalue weighted by atomic mass is 9.99. The number of carboxylic acids is 1. The molecule has 1 fully saturated rings. The zero-order chi connectivity index (χ0) is 15.4. The summed E-state index contributed by atoms with van der Waals surface area (Å²) in [5, 5.41) is 9.09. The van der Waals surface area contributed by atoms with Crippen molar-refractivity contribution in [1.82, 2.24) is 4.90 Å². The number of benzene rings is 1. The molecule has 0 radical (unpaired) electrons. The topological polar surface area (TPSA) is 66.8 Å². The second-order valence-corrected chi connectivity index (χ2v) is 6.23. The van der Waals surface area contributed by atoms with Crippen molar-refractivity contribution in [3.8, 4) is 5.75 Å². The van der Waals surface area contributed by atoms with Gasteiger partial charge < -0.3 is 14.7 Å². The SMILES string of the molecule is COc1ccc(SCC(=O)N2C[C@@H](C)[C@H](C(=O)O)C2)cc1. The summed E-state index contributed by atoms with van der Waals surface area (Å²) in [6.07, 6.45) is 0. The molecule has 1 amide bonds. The van der Waals surface area contributed by atoms with Crippen molar-refractivity contribution in [1.29, 1.82) is 0 Å². The van der Waals surface area contributed by atoms with Crippen molar-refractivity contribution in [2.75, 3.05) is 26.0 Å². The van der Waals surface area contributed by atoms with E-state index in [9.17, 15) is 9.59 Å². The third-order valence-electron chi connectivity index (χ3n) is 3.70. The average Bonchev–Trinajstić information content (AvgIpc) is 2.87. The van der Waals surface area contributed by atoms with Crippen LogP contribution < -0.4 is 4.74 Å². The van der Waals surface area contributed by atoms with Crippen molar-refractivity contribution in [3.63, 3.8) is 0 Å². The van der Waals surface area contributed by atoms with E-state index in [2.05, 4.69) is 0 Å². The van der Waals surface area contributed by atoms with Gasteiger partial charge in [0.05, 0.1) is 18.8 Å². The number of ether oxygens (including phenoxy) is 1. The summed E-state index contributed by atoms with van der Waals surface area (Å²) in [5.74, 6) is -0.154. The third-order valence-corrected chi connectivity index (χ3v) is 4.70. The molecule has 1 N–H and O–H groups in total. The van der Waals surface area contributed by atoms with Crippen LogP contribution in [0.1, 0.15) is 6.92 Å². The average molecular weight is 309 g/mol. The highest BCUT2D eigenvalue weighted by atomic mass is 32.2. The quantitative estimate of drug-likeness (QED) is 0.842. The highest BCUT2D eigenvalue weighted by Crippen LogP contribution is 2.26. The van der Waals surface area contributed by atoms with Gasteiger partial charge in [-0.1, -0.05) is 6.92 Å². The molecule has 0 saturated carbocycles. The Labute approximate surface area is 128 Å². The molecule has 114 valence electrons. The van der Waals surface area contributed by atoms with Crippen LogP contribution in [-0.2, 0) is 9.59 Å². The number of aliphatic carboxylic acids is 1. The minimum Gasteiger partial charge on any atom is -0.497 e. The highest BCUT2D eigenvalue weighted by Gasteiger charge is 2.36. The van der Waals surface area contributed by atoms with Crippen molar-refractivity contribution >= 4 is 23.6 Å². The Balaban J connectivity index is 1.86. The summed E-state index contributed by atoms with van der Waals surface area (Å²) in [5.41, 5.74) is 0. The van der Waals surface area contributed by atoms with E-state index in [1.807, 2.05) is 31.2 Å². The number of hydrogen-bond acceptors (Lipinski definition) is 4. The number of hydrogen-bond donors (Lipinski definition) is 1. The largest absolute Gasteiger partial charge is 0.497 e. The van der Waals surface area contributed by atoms with Gasteiger partial charge in [-0.05, 0) is 30.2 Å². The minimum atomic E-state index is -0.819. The summed E-state index contributed by atoms with van der Waals surface area (Å²) < 4.78 is 5.08. The molecule has 0 bridgehead atoms. The molecule has 2 atom stereocenters. The Morgan fingerprint density at radius 2 is 2.00 bits per heavy atom. The Morgan fingerprint density at radius 3 is 2.52 bits per heavy atom. The maximum Gasteiger partial charge on any atom is 0.308 e. The van der Waals surface area contributed by atoms with E-state index in [4.69, 9.17) is 9.84 Å². The van der Waals surface area contributed by atoms with Gasteiger partial charge >= 0.3 is 5.97 Å². The molecule has 21 heavy (non-hydrogen) atoms. The Bertz CT molecular complexity index is 517. The van der Waals surface area contributed by atoms with E-state index < -0.39 is 11.9 Å². The molecular formula is C15H19NO4S. The second kappa shape index (κ2) is 6.85. The number of nitrogens with zero attached hydrogens (tertiary/aromatic N) is 1. The number of carbonyl (C=O) groups excluding carboxylic acids is 1. The van der Waals surface area contributed by atoms with Crippen molar-refractivity contribution in [3.05, 3.63) is 24.3 Å². The Morgan fingerprint density at radius 1 is 1.33 bits per heavy atom. The van der Waals surface area contributed by atoms with Crippen molar-refractivity contribution in [2.24, 2.45) is 11.8 Å². The van der Waals surface area contributed by atoms with Gasteiger partial charge in [0.25, 0.3) is 0 Å². The number of carboxylic acid groups (broad SMARTS) is 1. The number of amides is 1. The number of likely N-dealkylation sites (tertiary alicyclic amines) is 1. The lowest BCUT2D eigenvalue weighted by molar-refractivity contribution is -0.142. The molecule has 6 heteroatoms. The van der Waals surface area contributed by atoms with Crippen LogP contribution in [0.3, 0.4) is 0 Å². The van der Waals surface area contributed by atoms with E-state index in [1.165, 1.54) is 11.8 Å². The first-order chi connectivity index (χ1) is 10.0. The Kier molecular flexibility index (Phi) is 5.12. The van der Waals surface area contributed by atoms with Crippen LogP contribution in [0.5, 0.6) is 5.75 Å². The van der Waals surface area contributed by atoms with E-state index in [0.29, 0.717) is 18.8 Å². The van der Waals surface area contributed by atoms with Gasteiger partial charge in [-0.25, -0.2) is 0 Å². The zero-order valence-corrected chi connectivity index (χ0v) is 12.9. The van der Waals surface area contributed by atoms with Crippen LogP contribution >= 0.6 is 11.8 Å². The minimum absolute atomic E-state index is 0.00795. The third kappa shape index (κ3) is 3.91. The summed E-state index contributed by atoms with van der Waals surface area (Å²) in [6, 6.07) is 7.52. The van der Waals surface area contributed by atoms with Crippen molar-refractivity contribution in [2.45, 2.75) is 11.8 Å². The Hall–Kier alpha value is -1.69. The molecule has 1 saturated heterocycles. The van der Waals surface area contributed by atoms with E-state index in [-0.39, 0.29) is 11.8 Å².